The van der Waals surface area contributed by atoms with E-state index >= 15 is 0 Å². The van der Waals surface area contributed by atoms with Gasteiger partial charge in [-0.3, -0.25) is 19.3 Å². The van der Waals surface area contributed by atoms with Crippen molar-refractivity contribution in [1.82, 2.24) is 19.6 Å². The van der Waals surface area contributed by atoms with Crippen molar-refractivity contribution in [3.63, 3.8) is 0 Å². The topological polar surface area (TPSA) is 73.4 Å². The lowest BCUT2D eigenvalue weighted by Crippen LogP contribution is -2.50. The molecule has 0 aliphatic carbocycles. The van der Waals surface area contributed by atoms with Crippen LogP contribution in [0.5, 0.6) is 5.75 Å². The summed E-state index contributed by atoms with van der Waals surface area (Å²) >= 11 is 0. The van der Waals surface area contributed by atoms with E-state index in [1.807, 2.05) is 34.1 Å². The van der Waals surface area contributed by atoms with Gasteiger partial charge < -0.3 is 19.4 Å². The number of hydrogen-bond acceptors (Lipinski definition) is 5. The molecule has 0 unspecified atom stereocenters. The van der Waals surface area contributed by atoms with Crippen LogP contribution in [0.25, 0.3) is 0 Å². The molecule has 35 heavy (non-hydrogen) atoms. The van der Waals surface area contributed by atoms with E-state index in [-0.39, 0.29) is 23.7 Å². The number of amides is 3. The zero-order valence-corrected chi connectivity index (χ0v) is 20.8. The molecule has 190 valence electrons. The summed E-state index contributed by atoms with van der Waals surface area (Å²) in [6.45, 7) is 8.23. The molecule has 0 radical (unpaired) electrons. The predicted molar refractivity (Wildman–Crippen MR) is 134 cm³/mol. The van der Waals surface area contributed by atoms with Gasteiger partial charge in [0, 0.05) is 57.8 Å². The normalized spacial score (nSPS) is 24.9. The van der Waals surface area contributed by atoms with E-state index in [1.54, 1.807) is 4.90 Å². The van der Waals surface area contributed by atoms with Crippen molar-refractivity contribution in [2.45, 2.75) is 32.7 Å². The smallest absolute Gasteiger partial charge is 0.236 e. The van der Waals surface area contributed by atoms with Crippen molar-refractivity contribution < 1.29 is 19.1 Å². The van der Waals surface area contributed by atoms with Gasteiger partial charge in [0.1, 0.15) is 12.4 Å². The van der Waals surface area contributed by atoms with Crippen LogP contribution >= 0.6 is 0 Å². The third-order valence-electron chi connectivity index (χ3n) is 7.40. The molecule has 3 aliphatic heterocycles. The van der Waals surface area contributed by atoms with Crippen LogP contribution in [0, 0.1) is 11.8 Å². The van der Waals surface area contributed by atoms with Crippen LogP contribution in [-0.4, -0.2) is 96.8 Å². The lowest BCUT2D eigenvalue weighted by Gasteiger charge is -2.39. The standard InChI is InChI=1S/C27H38N4O4/c1-2-10-29-18-24-6-3-4-8-25(24)35-16-5-7-23-19-31(27(34)20-29)11-9-22(23)17-26(33)30-14-12-28(21-32)13-15-30/h3-8,21-23H,2,9-20H2,1H3/b7-5-/t22-,23-/m0/s1. The van der Waals surface area contributed by atoms with Crippen LogP contribution in [0.15, 0.2) is 36.4 Å². The molecular formula is C27H38N4O4. The highest BCUT2D eigenvalue weighted by Gasteiger charge is 2.33. The van der Waals surface area contributed by atoms with E-state index < -0.39 is 0 Å². The largest absolute Gasteiger partial charge is 0.489 e. The summed E-state index contributed by atoms with van der Waals surface area (Å²) in [5, 5.41) is 0. The van der Waals surface area contributed by atoms with E-state index in [0.717, 1.165) is 37.1 Å². The Morgan fingerprint density at radius 2 is 1.91 bits per heavy atom. The van der Waals surface area contributed by atoms with Gasteiger partial charge in [-0.25, -0.2) is 0 Å². The van der Waals surface area contributed by atoms with Crippen molar-refractivity contribution in [1.29, 1.82) is 0 Å². The summed E-state index contributed by atoms with van der Waals surface area (Å²) in [7, 11) is 0. The highest BCUT2D eigenvalue weighted by atomic mass is 16.5. The van der Waals surface area contributed by atoms with Crippen LogP contribution in [0.1, 0.15) is 31.7 Å². The molecular weight excluding hydrogens is 444 g/mol. The average Bonchev–Trinajstić information content (AvgIpc) is 2.88. The van der Waals surface area contributed by atoms with E-state index in [0.29, 0.717) is 65.4 Å². The van der Waals surface area contributed by atoms with Crippen molar-refractivity contribution >= 4 is 18.2 Å². The number of carbonyl (C=O) groups excluding carboxylic acids is 3. The number of benzene rings is 1. The van der Waals surface area contributed by atoms with Gasteiger partial charge in [-0.2, -0.15) is 0 Å². The molecule has 8 heteroatoms. The molecule has 0 aromatic heterocycles. The van der Waals surface area contributed by atoms with E-state index in [1.165, 1.54) is 0 Å². The van der Waals surface area contributed by atoms with Gasteiger partial charge in [0.05, 0.1) is 6.54 Å². The summed E-state index contributed by atoms with van der Waals surface area (Å²) in [5.41, 5.74) is 1.09. The molecule has 0 saturated carbocycles. The van der Waals surface area contributed by atoms with Crippen molar-refractivity contribution in [2.24, 2.45) is 11.8 Å². The second-order valence-corrected chi connectivity index (χ2v) is 9.84. The molecule has 3 amide bonds. The molecule has 0 spiro atoms. The van der Waals surface area contributed by atoms with Gasteiger partial charge in [-0.1, -0.05) is 37.3 Å². The van der Waals surface area contributed by atoms with Crippen LogP contribution in [0.3, 0.4) is 0 Å². The summed E-state index contributed by atoms with van der Waals surface area (Å²) in [6, 6.07) is 8.05. The molecule has 1 aromatic rings. The highest BCUT2D eigenvalue weighted by Crippen LogP contribution is 2.29. The van der Waals surface area contributed by atoms with Gasteiger partial charge >= 0.3 is 0 Å². The number of ether oxygens (including phenoxy) is 1. The first kappa shape index (κ1) is 25.2. The van der Waals surface area contributed by atoms with Crippen LogP contribution < -0.4 is 4.74 Å². The SMILES string of the molecule is CCCN1CC(=O)N2CC[C@@H](CC(=O)N3CCN(C=O)CC3)[C@@H](/C=C\COc3ccccc3C1)C2. The van der Waals surface area contributed by atoms with Crippen LogP contribution in [0.2, 0.25) is 0 Å². The Morgan fingerprint density at radius 1 is 1.11 bits per heavy atom. The molecule has 2 atom stereocenters. The Labute approximate surface area is 208 Å². The minimum atomic E-state index is 0.118. The number of rotatable bonds is 5. The van der Waals surface area contributed by atoms with Crippen LogP contribution in [0.4, 0.5) is 0 Å². The quantitative estimate of drug-likeness (QED) is 0.474. The summed E-state index contributed by atoms with van der Waals surface area (Å²) in [6.07, 6.45) is 7.31. The molecule has 2 saturated heterocycles. The Kier molecular flexibility index (Phi) is 8.79. The summed E-state index contributed by atoms with van der Waals surface area (Å²) in [4.78, 5) is 45.1. The second kappa shape index (κ2) is 12.2. The second-order valence-electron chi connectivity index (χ2n) is 9.84. The summed E-state index contributed by atoms with van der Waals surface area (Å²) < 4.78 is 6.10. The molecule has 1 aromatic carbocycles. The number of hydrogen-bond donors (Lipinski definition) is 0. The monoisotopic (exact) mass is 482 g/mol. The lowest BCUT2D eigenvalue weighted by molar-refractivity contribution is -0.138. The average molecular weight is 483 g/mol. The fourth-order valence-electron chi connectivity index (χ4n) is 5.36. The van der Waals surface area contributed by atoms with E-state index in [2.05, 4.69) is 24.0 Å². The number of nitrogens with zero attached hydrogens (tertiary/aromatic N) is 4. The van der Waals surface area contributed by atoms with Crippen LogP contribution in [-0.2, 0) is 20.9 Å². The first-order chi connectivity index (χ1) is 17.1. The Morgan fingerprint density at radius 3 is 2.69 bits per heavy atom. The molecule has 2 bridgehead atoms. The maximum Gasteiger partial charge on any atom is 0.236 e. The Hall–Kier alpha value is -2.87. The van der Waals surface area contributed by atoms with Gasteiger partial charge in [-0.05, 0) is 37.3 Å². The molecule has 2 fully saturated rings. The minimum Gasteiger partial charge on any atom is -0.489 e. The zero-order valence-electron chi connectivity index (χ0n) is 20.8. The van der Waals surface area contributed by atoms with Crippen molar-refractivity contribution in [3.8, 4) is 5.75 Å². The van der Waals surface area contributed by atoms with Crippen molar-refractivity contribution in [3.05, 3.63) is 42.0 Å². The maximum atomic E-state index is 13.3. The van der Waals surface area contributed by atoms with Gasteiger partial charge in [0.2, 0.25) is 18.2 Å². The lowest BCUT2D eigenvalue weighted by atomic mass is 9.82. The maximum absolute atomic E-state index is 13.3. The molecule has 0 N–H and O–H groups in total. The zero-order chi connectivity index (χ0) is 24.6. The molecule has 4 rings (SSSR count). The Bertz CT molecular complexity index is 912. The fourth-order valence-corrected chi connectivity index (χ4v) is 5.36. The number of piperazine rings is 1. The number of carbonyl (C=O) groups is 3. The molecule has 3 heterocycles. The fraction of sp³-hybridized carbons (Fsp3) is 0.593. The molecule has 8 nitrogen and oxygen atoms in total. The third-order valence-corrected chi connectivity index (χ3v) is 7.40. The molecule has 3 aliphatic rings. The van der Waals surface area contributed by atoms with Crippen molar-refractivity contribution in [2.75, 3.05) is 59.0 Å². The predicted octanol–water partition coefficient (Wildman–Crippen LogP) is 2.00. The number of fused-ring (bicyclic) bond motifs is 3. The van der Waals surface area contributed by atoms with Gasteiger partial charge in [0.25, 0.3) is 0 Å². The minimum absolute atomic E-state index is 0.118. The van der Waals surface area contributed by atoms with E-state index in [9.17, 15) is 14.4 Å². The number of para-hydroxylation sites is 1. The number of piperidine rings is 1. The first-order valence-electron chi connectivity index (χ1n) is 12.9. The summed E-state index contributed by atoms with van der Waals surface area (Å²) in [5.74, 6) is 1.47. The highest BCUT2D eigenvalue weighted by molar-refractivity contribution is 5.79. The third kappa shape index (κ3) is 6.63. The van der Waals surface area contributed by atoms with Gasteiger partial charge in [-0.15, -0.1) is 0 Å². The van der Waals surface area contributed by atoms with Gasteiger partial charge in [0.15, 0.2) is 0 Å². The first-order valence-corrected chi connectivity index (χ1v) is 12.9. The van der Waals surface area contributed by atoms with E-state index in [4.69, 9.17) is 4.74 Å². The Balaban J connectivity index is 1.47.